The minimum atomic E-state index is -0.102. The number of benzene rings is 3. The molecule has 7 nitrogen and oxygen atoms in total. The van der Waals surface area contributed by atoms with Gasteiger partial charge in [0.05, 0.1) is 28.5 Å². The minimum absolute atomic E-state index is 0.102. The van der Waals surface area contributed by atoms with Crippen LogP contribution < -0.4 is 5.56 Å². The third kappa shape index (κ3) is 3.63. The molecule has 6 aromatic rings. The highest BCUT2D eigenvalue weighted by atomic mass is 32.2. The summed E-state index contributed by atoms with van der Waals surface area (Å²) in [7, 11) is 0. The Balaban J connectivity index is 1.45. The van der Waals surface area contributed by atoms with Gasteiger partial charge in [0.25, 0.3) is 5.56 Å². The first kappa shape index (κ1) is 21.4. The van der Waals surface area contributed by atoms with E-state index in [1.54, 1.807) is 16.3 Å². The van der Waals surface area contributed by atoms with Crippen molar-refractivity contribution in [3.8, 4) is 11.4 Å². The van der Waals surface area contributed by atoms with Crippen molar-refractivity contribution in [2.24, 2.45) is 0 Å². The fourth-order valence-electron chi connectivity index (χ4n) is 4.27. The van der Waals surface area contributed by atoms with E-state index >= 15 is 0 Å². The maximum absolute atomic E-state index is 13.6. The average molecular weight is 479 g/mol. The molecule has 6 rings (SSSR count). The molecule has 0 atom stereocenters. The van der Waals surface area contributed by atoms with Crippen molar-refractivity contribution in [2.45, 2.75) is 24.8 Å². The number of thioether (sulfide) groups is 1. The highest BCUT2D eigenvalue weighted by molar-refractivity contribution is 7.98. The van der Waals surface area contributed by atoms with Crippen molar-refractivity contribution >= 4 is 28.4 Å². The molecule has 0 aliphatic rings. The van der Waals surface area contributed by atoms with E-state index in [-0.39, 0.29) is 5.56 Å². The summed E-state index contributed by atoms with van der Waals surface area (Å²) in [6, 6.07) is 23.6. The van der Waals surface area contributed by atoms with Gasteiger partial charge in [0.1, 0.15) is 0 Å². The Morgan fingerprint density at radius 1 is 0.886 bits per heavy atom. The molecule has 0 unspecified atom stereocenters. The van der Waals surface area contributed by atoms with Crippen molar-refractivity contribution in [3.63, 3.8) is 0 Å². The summed E-state index contributed by atoms with van der Waals surface area (Å²) < 4.78 is 5.52. The first-order valence-electron chi connectivity index (χ1n) is 11.3. The molecule has 0 bridgehead atoms. The largest absolute Gasteiger partial charge is 0.268 e. The summed E-state index contributed by atoms with van der Waals surface area (Å²) >= 11 is 1.57. The molecule has 0 saturated carbocycles. The van der Waals surface area contributed by atoms with E-state index in [4.69, 9.17) is 0 Å². The topological polar surface area (TPSA) is 70.0 Å². The molecule has 0 saturated heterocycles. The molecule has 0 amide bonds. The summed E-state index contributed by atoms with van der Waals surface area (Å²) in [5.74, 6) is 1.18. The molecule has 3 heterocycles. The van der Waals surface area contributed by atoms with Gasteiger partial charge in [-0.15, -0.1) is 10.2 Å². The van der Waals surface area contributed by atoms with E-state index in [0.717, 1.165) is 38.7 Å². The number of hydrogen-bond acceptors (Lipinski definition) is 5. The number of aromatic nitrogens is 6. The lowest BCUT2D eigenvalue weighted by atomic mass is 10.1. The Labute approximate surface area is 205 Å². The van der Waals surface area contributed by atoms with Gasteiger partial charge in [-0.3, -0.25) is 9.20 Å². The van der Waals surface area contributed by atoms with Crippen molar-refractivity contribution in [1.29, 1.82) is 0 Å². The highest BCUT2D eigenvalue weighted by Gasteiger charge is 2.19. The smallest absolute Gasteiger partial charge is 0.267 e. The van der Waals surface area contributed by atoms with Gasteiger partial charge in [-0.25, -0.2) is 9.25 Å². The molecule has 0 fully saturated rings. The number of aryl methyl sites for hydroxylation is 1. The van der Waals surface area contributed by atoms with Crippen LogP contribution in [0.2, 0.25) is 0 Å². The second-order valence-electron chi connectivity index (χ2n) is 8.41. The molecule has 0 radical (unpaired) electrons. The van der Waals surface area contributed by atoms with E-state index in [0.29, 0.717) is 16.9 Å². The van der Waals surface area contributed by atoms with Crippen molar-refractivity contribution < 1.29 is 0 Å². The van der Waals surface area contributed by atoms with E-state index in [2.05, 4.69) is 15.3 Å². The number of fused-ring (bicyclic) bond motifs is 3. The second kappa shape index (κ2) is 8.56. The van der Waals surface area contributed by atoms with Crippen LogP contribution in [-0.4, -0.2) is 28.9 Å². The molecule has 0 aliphatic heterocycles. The molecule has 8 heteroatoms. The zero-order valence-electron chi connectivity index (χ0n) is 19.3. The van der Waals surface area contributed by atoms with Crippen LogP contribution in [0.1, 0.15) is 16.7 Å². The van der Waals surface area contributed by atoms with E-state index in [1.165, 1.54) is 0 Å². The van der Waals surface area contributed by atoms with Crippen LogP contribution in [0.25, 0.3) is 28.1 Å². The first-order chi connectivity index (χ1) is 17.1. The summed E-state index contributed by atoms with van der Waals surface area (Å²) in [4.78, 5) is 13.6. The quantitative estimate of drug-likeness (QED) is 0.321. The Kier molecular flexibility index (Phi) is 5.22. The standard InChI is InChI=1S/C27H22N6OS/c1-18-9-8-14-23(19(18)2)32-25(34)22-12-6-7-13-24(22)33-26(32)29-30-27(33)35-17-20-15-28-31(16-20)21-10-4-3-5-11-21/h3-16H,17H2,1-2H3. The molecular weight excluding hydrogens is 456 g/mol. The lowest BCUT2D eigenvalue weighted by Gasteiger charge is -2.14. The van der Waals surface area contributed by atoms with Gasteiger partial charge in [0.15, 0.2) is 5.16 Å². The van der Waals surface area contributed by atoms with Crippen LogP contribution in [0.15, 0.2) is 95.1 Å². The number of hydrogen-bond donors (Lipinski definition) is 0. The van der Waals surface area contributed by atoms with E-state index < -0.39 is 0 Å². The minimum Gasteiger partial charge on any atom is -0.268 e. The lowest BCUT2D eigenvalue weighted by Crippen LogP contribution is -2.22. The fraction of sp³-hybridized carbons (Fsp3) is 0.111. The van der Waals surface area contributed by atoms with Crippen LogP contribution in [0, 0.1) is 13.8 Å². The third-order valence-electron chi connectivity index (χ3n) is 6.24. The third-order valence-corrected chi connectivity index (χ3v) is 7.24. The van der Waals surface area contributed by atoms with Gasteiger partial charge in [-0.05, 0) is 55.3 Å². The lowest BCUT2D eigenvalue weighted by molar-refractivity contribution is 0.880. The monoisotopic (exact) mass is 478 g/mol. The van der Waals surface area contributed by atoms with Crippen LogP contribution in [0.5, 0.6) is 0 Å². The van der Waals surface area contributed by atoms with Gasteiger partial charge >= 0.3 is 0 Å². The summed E-state index contributed by atoms with van der Waals surface area (Å²) in [5, 5.41) is 14.8. The number of nitrogens with zero attached hydrogens (tertiary/aromatic N) is 6. The molecule has 3 aromatic heterocycles. The maximum Gasteiger partial charge on any atom is 0.267 e. The Morgan fingerprint density at radius 2 is 1.69 bits per heavy atom. The Morgan fingerprint density at radius 3 is 2.54 bits per heavy atom. The molecular formula is C27H22N6OS. The predicted molar refractivity (Wildman–Crippen MR) is 139 cm³/mol. The molecule has 0 spiro atoms. The van der Waals surface area contributed by atoms with Gasteiger partial charge < -0.3 is 0 Å². The highest BCUT2D eigenvalue weighted by Crippen LogP contribution is 2.27. The SMILES string of the molecule is Cc1cccc(-n2c(=O)c3ccccc3n3c(SCc4cnn(-c5ccccc5)c4)nnc23)c1C. The van der Waals surface area contributed by atoms with Crippen LogP contribution >= 0.6 is 11.8 Å². The number of rotatable bonds is 5. The second-order valence-corrected chi connectivity index (χ2v) is 9.35. The Bertz CT molecular complexity index is 1750. The molecule has 0 aliphatic carbocycles. The number of para-hydroxylation sites is 2. The van der Waals surface area contributed by atoms with Crippen molar-refractivity contribution in [2.75, 3.05) is 0 Å². The van der Waals surface area contributed by atoms with E-state index in [9.17, 15) is 4.79 Å². The normalized spacial score (nSPS) is 11.5. The summed E-state index contributed by atoms with van der Waals surface area (Å²) in [6.45, 7) is 4.07. The van der Waals surface area contributed by atoms with Crippen molar-refractivity contribution in [3.05, 3.63) is 112 Å². The molecule has 0 N–H and O–H groups in total. The van der Waals surface area contributed by atoms with E-state index in [1.807, 2.05) is 108 Å². The Hall–Kier alpha value is -4.17. The predicted octanol–water partition coefficient (Wildman–Crippen LogP) is 5.13. The van der Waals surface area contributed by atoms with Crippen molar-refractivity contribution in [1.82, 2.24) is 28.9 Å². The van der Waals surface area contributed by atoms with Crippen LogP contribution in [-0.2, 0) is 5.75 Å². The molecule has 3 aromatic carbocycles. The average Bonchev–Trinajstić information content (AvgIpc) is 3.53. The zero-order valence-corrected chi connectivity index (χ0v) is 20.1. The zero-order chi connectivity index (χ0) is 23.9. The van der Waals surface area contributed by atoms with Crippen LogP contribution in [0.4, 0.5) is 0 Å². The molecule has 35 heavy (non-hydrogen) atoms. The van der Waals surface area contributed by atoms with Gasteiger partial charge in [0, 0.05) is 17.5 Å². The molecule has 172 valence electrons. The summed E-state index contributed by atoms with van der Waals surface area (Å²) in [5.41, 5.74) is 5.75. The summed E-state index contributed by atoms with van der Waals surface area (Å²) in [6.07, 6.45) is 3.89. The van der Waals surface area contributed by atoms with Gasteiger partial charge in [0.2, 0.25) is 5.78 Å². The van der Waals surface area contributed by atoms with Gasteiger partial charge in [-0.1, -0.05) is 54.2 Å². The maximum atomic E-state index is 13.6. The first-order valence-corrected chi connectivity index (χ1v) is 12.3. The van der Waals surface area contributed by atoms with Gasteiger partial charge in [-0.2, -0.15) is 5.10 Å². The fourth-order valence-corrected chi connectivity index (χ4v) is 5.12. The van der Waals surface area contributed by atoms with Crippen LogP contribution in [0.3, 0.4) is 0 Å².